The van der Waals surface area contributed by atoms with Gasteiger partial charge in [-0.3, -0.25) is 48.2 Å². The normalized spacial score (nSPS) is 29.8. The second-order valence-corrected chi connectivity index (χ2v) is 34.6. The summed E-state index contributed by atoms with van der Waals surface area (Å²) in [7, 11) is 0. The molecule has 23 nitrogen and oxygen atoms in total. The van der Waals surface area contributed by atoms with Crippen LogP contribution in [0.5, 0.6) is 0 Å². The van der Waals surface area contributed by atoms with E-state index in [1.807, 2.05) is 132 Å². The highest BCUT2D eigenvalue weighted by atomic mass is 16.4. The van der Waals surface area contributed by atoms with Crippen molar-refractivity contribution < 1.29 is 63.0 Å². The average molecular weight is 1250 g/mol. The lowest BCUT2D eigenvalue weighted by atomic mass is 9.80. The van der Waals surface area contributed by atoms with Crippen LogP contribution in [-0.2, 0) is 43.2 Å². The molecule has 8 rings (SSSR count). The topological polar surface area (TPSA) is 313 Å². The van der Waals surface area contributed by atoms with Gasteiger partial charge in [0.1, 0.15) is 24.2 Å². The van der Waals surface area contributed by atoms with Gasteiger partial charge in [0.15, 0.2) is 6.10 Å². The van der Waals surface area contributed by atoms with E-state index in [2.05, 4.69) is 45.7 Å². The van der Waals surface area contributed by atoms with E-state index in [0.717, 1.165) is 12.8 Å². The first-order valence-electron chi connectivity index (χ1n) is 32.4. The van der Waals surface area contributed by atoms with E-state index < -0.39 is 110 Å². The smallest absolute Gasteiger partial charge is 0.326 e. The molecule has 0 aromatic rings. The zero-order valence-corrected chi connectivity index (χ0v) is 57.2. The highest BCUT2D eigenvalue weighted by Crippen LogP contribution is 2.66. The number of hydrogen-bond donors (Lipinski definition) is 8. The van der Waals surface area contributed by atoms with Crippen LogP contribution < -0.4 is 31.9 Å². The fourth-order valence-electron chi connectivity index (χ4n) is 14.6. The molecule has 4 aliphatic heterocycles. The third-order valence-corrected chi connectivity index (χ3v) is 21.1. The minimum Gasteiger partial charge on any atom is -0.480 e. The predicted molar refractivity (Wildman–Crippen MR) is 332 cm³/mol. The monoisotopic (exact) mass is 1250 g/mol. The standard InChI is InChI=1S/C38H62N6O7.C28H46N4O6/c1-12-20-15-38(20,29(47)31(49)39-21-13-14-21)42-30(48)27-26-22(37(26,10)11)18-44(27)32(50)28(35(5,6)7)41-33(51)40-23(34(2,3)4)19-43-24(45)16-36(8,9)17-25(43)46;1-25(2,3)16(14-31-17(33)11-27(7,8)12-18(31)34)29-24(38)30-21(26(4,5)6)22(35)32-13-15-19(28(15,9)10)20(32)23(36)37/h20-23,26-29,47H,12-19H2,1-11H3,(H,39,49)(H,42,48)(H2,40,41,51);15-16,19-21H,11-14H2,1-10H3,(H,36,37)(H2,29,30,38)/t20-,22+,23-,26+,27?,28-,29?,38?;15-,16+,19-,20?,21+/m10/s1. The van der Waals surface area contributed by atoms with E-state index in [4.69, 9.17) is 0 Å². The first-order valence-corrected chi connectivity index (χ1v) is 32.4. The molecule has 8 N–H and O–H groups in total. The van der Waals surface area contributed by atoms with Crippen molar-refractivity contribution in [2.45, 2.75) is 251 Å². The Balaban J connectivity index is 0.000000265. The number of amides is 12. The number of carbonyl (C=O) groups excluding carboxylic acids is 10. The predicted octanol–water partition coefficient (Wildman–Crippen LogP) is 5.56. The number of aliphatic hydroxyl groups excluding tert-OH is 1. The largest absolute Gasteiger partial charge is 0.480 e. The number of hydrogen-bond acceptors (Lipinski definition) is 12. The fourth-order valence-corrected chi connectivity index (χ4v) is 14.6. The maximum Gasteiger partial charge on any atom is 0.326 e. The van der Waals surface area contributed by atoms with Crippen LogP contribution in [0.15, 0.2) is 0 Å². The molecule has 4 saturated heterocycles. The molecule has 0 spiro atoms. The molecule has 12 amide bonds. The zero-order chi connectivity index (χ0) is 67.4. The molecule has 4 heterocycles. The van der Waals surface area contributed by atoms with Crippen molar-refractivity contribution in [3.05, 3.63) is 0 Å². The van der Waals surface area contributed by atoms with Gasteiger partial charge in [-0.2, -0.15) is 0 Å². The van der Waals surface area contributed by atoms with Gasteiger partial charge in [-0.25, -0.2) is 14.4 Å². The number of aliphatic hydroxyl groups is 1. The van der Waals surface area contributed by atoms with Crippen LogP contribution in [0.3, 0.4) is 0 Å². The van der Waals surface area contributed by atoms with Gasteiger partial charge in [-0.15, -0.1) is 0 Å². The Labute approximate surface area is 527 Å². The lowest BCUT2D eigenvalue weighted by molar-refractivity contribution is -0.155. The summed E-state index contributed by atoms with van der Waals surface area (Å²) < 4.78 is 0. The van der Waals surface area contributed by atoms with Crippen LogP contribution in [0.25, 0.3) is 0 Å². The highest BCUT2D eigenvalue weighted by Gasteiger charge is 2.72. The lowest BCUT2D eigenvalue weighted by Crippen LogP contribution is -2.63. The van der Waals surface area contributed by atoms with Gasteiger partial charge in [-0.1, -0.05) is 152 Å². The zero-order valence-electron chi connectivity index (χ0n) is 57.2. The number of carboxylic acids is 1. The number of likely N-dealkylation sites (tertiary alicyclic amines) is 4. The number of urea groups is 2. The van der Waals surface area contributed by atoms with Crippen LogP contribution >= 0.6 is 0 Å². The van der Waals surface area contributed by atoms with E-state index in [0.29, 0.717) is 25.9 Å². The lowest BCUT2D eigenvalue weighted by Gasteiger charge is -2.41. The number of fused-ring (bicyclic) bond motifs is 2. The van der Waals surface area contributed by atoms with Crippen molar-refractivity contribution in [2.24, 2.45) is 72.9 Å². The summed E-state index contributed by atoms with van der Waals surface area (Å²) in [5.41, 5.74) is -4.69. The Bertz CT molecular complexity index is 2810. The van der Waals surface area contributed by atoms with Crippen molar-refractivity contribution in [1.82, 2.24) is 51.5 Å². The second-order valence-electron chi connectivity index (χ2n) is 34.6. The van der Waals surface area contributed by atoms with Crippen molar-refractivity contribution in [1.29, 1.82) is 0 Å². The SMILES string of the molecule is CC1(C)CC(=O)N(C[C@@H](NC(=O)N[C@H](C(=O)N2C[C@H]3[C@@H](C2C(=O)O)C3(C)C)C(C)(C)C)C(C)(C)C)C(=O)C1.CC[C@@H]1CC1(NC(=O)C1[C@@H]2[C@H](CN1C(=O)[C@@H](NC(=O)N[C@H](CN1C(=O)CC(C)(C)CC1=O)C(C)(C)C)C(C)(C)C)C2(C)C)C(O)C(=O)NC1CC1. The number of imide groups is 2. The Hall–Kier alpha value is -5.87. The molecule has 0 bridgehead atoms. The number of aliphatic carboxylic acids is 1. The second kappa shape index (κ2) is 24.0. The van der Waals surface area contributed by atoms with Gasteiger partial charge in [0.05, 0.1) is 17.6 Å². The molecule has 500 valence electrons. The fraction of sp³-hybridized carbons (Fsp3) is 0.833. The van der Waals surface area contributed by atoms with Gasteiger partial charge >= 0.3 is 18.0 Å². The summed E-state index contributed by atoms with van der Waals surface area (Å²) in [4.78, 5) is 151. The van der Waals surface area contributed by atoms with Gasteiger partial charge in [0.2, 0.25) is 41.4 Å². The Morgan fingerprint density at radius 2 is 0.910 bits per heavy atom. The van der Waals surface area contributed by atoms with Crippen LogP contribution in [0.4, 0.5) is 9.59 Å². The first-order chi connectivity index (χ1) is 40.4. The highest BCUT2D eigenvalue weighted by molar-refractivity contribution is 6.00. The van der Waals surface area contributed by atoms with E-state index in [1.54, 1.807) is 4.90 Å². The van der Waals surface area contributed by atoms with Gasteiger partial charge in [0.25, 0.3) is 5.91 Å². The summed E-state index contributed by atoms with van der Waals surface area (Å²) >= 11 is 0. The Morgan fingerprint density at radius 3 is 1.22 bits per heavy atom. The summed E-state index contributed by atoms with van der Waals surface area (Å²) in [6, 6.07) is -6.06. The van der Waals surface area contributed by atoms with E-state index in [-0.39, 0.29) is 121 Å². The summed E-state index contributed by atoms with van der Waals surface area (Å²) in [5.74, 6) is -3.85. The Kier molecular flexibility index (Phi) is 19.0. The van der Waals surface area contributed by atoms with E-state index in [1.165, 1.54) is 14.7 Å². The molecule has 4 aliphatic carbocycles. The van der Waals surface area contributed by atoms with E-state index in [9.17, 15) is 63.0 Å². The first kappa shape index (κ1) is 70.6. The van der Waals surface area contributed by atoms with Gasteiger partial charge in [0, 0.05) is 63.8 Å². The maximum absolute atomic E-state index is 14.5. The quantitative estimate of drug-likeness (QED) is 0.0829. The van der Waals surface area contributed by atoms with Crippen molar-refractivity contribution in [3.8, 4) is 0 Å². The molecule has 0 aromatic heterocycles. The van der Waals surface area contributed by atoms with Crippen molar-refractivity contribution >= 4 is 65.3 Å². The van der Waals surface area contributed by atoms with Crippen LogP contribution in [0.2, 0.25) is 0 Å². The van der Waals surface area contributed by atoms with Crippen LogP contribution in [0, 0.1) is 72.9 Å². The summed E-state index contributed by atoms with van der Waals surface area (Å²) in [6.07, 6.45) is 2.48. The summed E-state index contributed by atoms with van der Waals surface area (Å²) in [6.45, 7) is 40.9. The third-order valence-electron chi connectivity index (χ3n) is 21.1. The molecule has 13 atom stereocenters. The molecular formula is C66H108N10O13. The minimum atomic E-state index is -1.40. The van der Waals surface area contributed by atoms with Gasteiger partial charge in [-0.05, 0) is 86.3 Å². The molecule has 8 aliphatic rings. The van der Waals surface area contributed by atoms with Crippen LogP contribution in [0.1, 0.15) is 197 Å². The molecule has 8 fully saturated rings. The molecule has 89 heavy (non-hydrogen) atoms. The number of carboxylic acid groups (broad SMARTS) is 1. The van der Waals surface area contributed by atoms with Crippen molar-refractivity contribution in [2.75, 3.05) is 26.2 Å². The van der Waals surface area contributed by atoms with Crippen molar-refractivity contribution in [3.63, 3.8) is 0 Å². The number of nitrogens with one attached hydrogen (secondary N) is 6. The summed E-state index contributed by atoms with van der Waals surface area (Å²) in [5, 5.41) is 38.6. The molecular weight excluding hydrogens is 1140 g/mol. The maximum atomic E-state index is 14.5. The number of nitrogens with zero attached hydrogens (tertiary/aromatic N) is 4. The molecule has 0 aromatic carbocycles. The average Bonchev–Trinajstić information content (AvgIpc) is 1.58. The number of rotatable bonds is 17. The minimum absolute atomic E-state index is 0.0106. The molecule has 4 unspecified atom stereocenters. The van der Waals surface area contributed by atoms with Crippen LogP contribution in [-0.4, -0.2) is 175 Å². The molecule has 0 radical (unpaired) electrons. The molecule has 23 heteroatoms. The van der Waals surface area contributed by atoms with E-state index >= 15 is 0 Å². The number of piperidine rings is 4. The Morgan fingerprint density at radius 1 is 0.551 bits per heavy atom. The number of carbonyl (C=O) groups is 11. The van der Waals surface area contributed by atoms with Gasteiger partial charge < -0.3 is 51.9 Å². The molecule has 4 saturated carbocycles. The third kappa shape index (κ3) is 15.1.